The number of benzene rings is 1. The minimum Gasteiger partial charge on any atom is -0.482 e. The van der Waals surface area contributed by atoms with E-state index in [1.807, 2.05) is 29.0 Å². The van der Waals surface area contributed by atoms with Gasteiger partial charge >= 0.3 is 5.97 Å². The van der Waals surface area contributed by atoms with Crippen LogP contribution in [0, 0.1) is 0 Å². The number of hydrogen-bond donors (Lipinski definition) is 2. The number of carboxylic acid groups (broad SMARTS) is 1. The average Bonchev–Trinajstić information content (AvgIpc) is 3.25. The average molecular weight is 374 g/mol. The molecular weight excluding hydrogens is 360 g/mol. The van der Waals surface area contributed by atoms with Crippen LogP contribution in [0.25, 0.3) is 11.3 Å². The van der Waals surface area contributed by atoms with Crippen molar-refractivity contribution >= 4 is 39.7 Å². The van der Waals surface area contributed by atoms with Crippen molar-refractivity contribution in [2.75, 3.05) is 11.9 Å². The molecule has 3 rings (SSSR count). The normalized spacial score (nSPS) is 10.4. The topological polar surface area (TPSA) is 88.5 Å². The number of hydrogen-bond acceptors (Lipinski definition) is 6. The van der Waals surface area contributed by atoms with E-state index >= 15 is 0 Å². The number of thiophene rings is 1. The first-order valence-corrected chi connectivity index (χ1v) is 9.09. The number of rotatable bonds is 7. The molecule has 8 heteroatoms. The van der Waals surface area contributed by atoms with Crippen LogP contribution < -0.4 is 10.1 Å². The predicted molar refractivity (Wildman–Crippen MR) is 97.3 cm³/mol. The summed E-state index contributed by atoms with van der Waals surface area (Å²) < 4.78 is 5.17. The molecular formula is C17H14N2O4S2. The molecule has 0 unspecified atom stereocenters. The lowest BCUT2D eigenvalue weighted by molar-refractivity contribution is -0.139. The van der Waals surface area contributed by atoms with Crippen LogP contribution in [0.1, 0.15) is 4.88 Å². The van der Waals surface area contributed by atoms with Gasteiger partial charge < -0.3 is 15.2 Å². The summed E-state index contributed by atoms with van der Waals surface area (Å²) in [7, 11) is 0. The van der Waals surface area contributed by atoms with Gasteiger partial charge in [-0.05, 0) is 23.6 Å². The van der Waals surface area contributed by atoms with Gasteiger partial charge in [-0.25, -0.2) is 9.78 Å². The summed E-state index contributed by atoms with van der Waals surface area (Å²) in [6.07, 6.45) is 0.324. The van der Waals surface area contributed by atoms with Gasteiger partial charge in [0.1, 0.15) is 5.75 Å². The monoisotopic (exact) mass is 374 g/mol. The Hall–Kier alpha value is -2.71. The maximum absolute atomic E-state index is 12.0. The number of aromatic nitrogens is 1. The second-order valence-electron chi connectivity index (χ2n) is 5.05. The van der Waals surface area contributed by atoms with Gasteiger partial charge in [-0.3, -0.25) is 4.79 Å². The van der Waals surface area contributed by atoms with Crippen molar-refractivity contribution in [3.05, 3.63) is 52.0 Å². The second-order valence-corrected chi connectivity index (χ2v) is 6.94. The Morgan fingerprint density at radius 1 is 1.20 bits per heavy atom. The van der Waals surface area contributed by atoms with Crippen LogP contribution in [-0.2, 0) is 16.0 Å². The molecule has 2 N–H and O–H groups in total. The summed E-state index contributed by atoms with van der Waals surface area (Å²) in [5.41, 5.74) is 1.48. The van der Waals surface area contributed by atoms with Gasteiger partial charge in [-0.15, -0.1) is 22.7 Å². The Bertz CT molecular complexity index is 874. The Morgan fingerprint density at radius 2 is 2.08 bits per heavy atom. The van der Waals surface area contributed by atoms with Crippen molar-refractivity contribution in [1.82, 2.24) is 4.98 Å². The number of thiazole rings is 1. The Kier molecular flexibility index (Phi) is 5.42. The number of nitrogens with one attached hydrogen (secondary N) is 1. The first-order valence-electron chi connectivity index (χ1n) is 7.33. The molecule has 0 radical (unpaired) electrons. The van der Waals surface area contributed by atoms with E-state index in [-0.39, 0.29) is 5.91 Å². The molecule has 0 aliphatic carbocycles. The molecule has 0 spiro atoms. The van der Waals surface area contributed by atoms with Crippen LogP contribution >= 0.6 is 22.7 Å². The van der Waals surface area contributed by atoms with Gasteiger partial charge in [0.15, 0.2) is 11.7 Å². The fourth-order valence-electron chi connectivity index (χ4n) is 2.09. The molecule has 2 heterocycles. The lowest BCUT2D eigenvalue weighted by Crippen LogP contribution is -2.13. The lowest BCUT2D eigenvalue weighted by Gasteiger charge is -2.04. The summed E-state index contributed by atoms with van der Waals surface area (Å²) in [6, 6.07) is 10.8. The molecule has 1 aromatic carbocycles. The quantitative estimate of drug-likeness (QED) is 0.661. The summed E-state index contributed by atoms with van der Waals surface area (Å²) >= 11 is 2.87. The summed E-state index contributed by atoms with van der Waals surface area (Å²) in [5, 5.41) is 15.7. The number of nitrogens with zero attached hydrogens (tertiary/aromatic N) is 1. The molecule has 0 bridgehead atoms. The highest BCUT2D eigenvalue weighted by Gasteiger charge is 2.10. The Balaban J connectivity index is 1.65. The fourth-order valence-corrected chi connectivity index (χ4v) is 3.53. The zero-order valence-electron chi connectivity index (χ0n) is 13.0. The number of ether oxygens (including phenoxy) is 1. The van der Waals surface area contributed by atoms with E-state index < -0.39 is 12.6 Å². The molecule has 0 atom stereocenters. The van der Waals surface area contributed by atoms with Crippen LogP contribution in [0.4, 0.5) is 5.13 Å². The van der Waals surface area contributed by atoms with Gasteiger partial charge in [-0.2, -0.15) is 0 Å². The maximum atomic E-state index is 12.0. The van der Waals surface area contributed by atoms with E-state index in [9.17, 15) is 9.59 Å². The molecule has 128 valence electrons. The highest BCUT2D eigenvalue weighted by Crippen LogP contribution is 2.27. The van der Waals surface area contributed by atoms with Crippen LogP contribution in [0.3, 0.4) is 0 Å². The van der Waals surface area contributed by atoms with Gasteiger partial charge in [0.2, 0.25) is 5.91 Å². The minimum absolute atomic E-state index is 0.109. The second kappa shape index (κ2) is 7.91. The molecule has 0 saturated carbocycles. The zero-order valence-corrected chi connectivity index (χ0v) is 14.6. The number of carbonyl (C=O) groups excluding carboxylic acids is 1. The third-order valence-corrected chi connectivity index (χ3v) is 4.79. The molecule has 6 nitrogen and oxygen atoms in total. The van der Waals surface area contributed by atoms with Crippen molar-refractivity contribution < 1.29 is 19.4 Å². The first kappa shape index (κ1) is 17.1. The predicted octanol–water partition coefficient (Wildman–Crippen LogP) is 3.52. The van der Waals surface area contributed by atoms with E-state index in [0.29, 0.717) is 23.0 Å². The molecule has 3 aromatic rings. The fraction of sp³-hybridized carbons (Fsp3) is 0.118. The Labute approximate surface area is 151 Å². The van der Waals surface area contributed by atoms with Crippen molar-refractivity contribution in [2.24, 2.45) is 0 Å². The maximum Gasteiger partial charge on any atom is 0.341 e. The third-order valence-electron chi connectivity index (χ3n) is 3.16. The van der Waals surface area contributed by atoms with Crippen LogP contribution in [-0.4, -0.2) is 28.6 Å². The summed E-state index contributed by atoms with van der Waals surface area (Å²) in [6.45, 7) is -0.398. The van der Waals surface area contributed by atoms with Crippen LogP contribution in [0.2, 0.25) is 0 Å². The highest BCUT2D eigenvalue weighted by molar-refractivity contribution is 7.14. The number of amides is 1. The minimum atomic E-state index is -1.03. The lowest BCUT2D eigenvalue weighted by atomic mass is 10.2. The summed E-state index contributed by atoms with van der Waals surface area (Å²) in [4.78, 5) is 28.0. The van der Waals surface area contributed by atoms with Crippen LogP contribution in [0.5, 0.6) is 5.75 Å². The number of carboxylic acids is 1. The molecule has 0 fully saturated rings. The third kappa shape index (κ3) is 4.88. The smallest absolute Gasteiger partial charge is 0.341 e. The van der Waals surface area contributed by atoms with E-state index in [1.165, 1.54) is 22.7 Å². The van der Waals surface area contributed by atoms with Gasteiger partial charge in [0.25, 0.3) is 0 Å². The van der Waals surface area contributed by atoms with Gasteiger partial charge in [-0.1, -0.05) is 18.2 Å². The van der Waals surface area contributed by atoms with E-state index in [0.717, 1.165) is 10.4 Å². The zero-order chi connectivity index (χ0) is 17.6. The first-order chi connectivity index (χ1) is 12.1. The van der Waals surface area contributed by atoms with Crippen LogP contribution in [0.15, 0.2) is 47.2 Å². The van der Waals surface area contributed by atoms with E-state index in [2.05, 4.69) is 10.3 Å². The van der Waals surface area contributed by atoms with Crippen molar-refractivity contribution in [2.45, 2.75) is 6.42 Å². The van der Waals surface area contributed by atoms with Crippen molar-refractivity contribution in [3.8, 4) is 17.0 Å². The highest BCUT2D eigenvalue weighted by atomic mass is 32.1. The molecule has 0 aliphatic heterocycles. The number of aliphatic carboxylic acids is 1. The SMILES string of the molecule is O=C(O)COc1cccc(-c2csc(NC(=O)Cc3cccs3)n2)c1. The molecule has 2 aromatic heterocycles. The molecule has 1 amide bonds. The van der Waals surface area contributed by atoms with E-state index in [1.54, 1.807) is 18.2 Å². The van der Waals surface area contributed by atoms with Crippen molar-refractivity contribution in [1.29, 1.82) is 0 Å². The standard InChI is InChI=1S/C17H14N2O4S2/c20-15(8-13-5-2-6-24-13)19-17-18-14(10-25-17)11-3-1-4-12(7-11)23-9-16(21)22/h1-7,10H,8-9H2,(H,21,22)(H,18,19,20). The molecule has 25 heavy (non-hydrogen) atoms. The van der Waals surface area contributed by atoms with Crippen molar-refractivity contribution in [3.63, 3.8) is 0 Å². The van der Waals surface area contributed by atoms with Gasteiger partial charge in [0, 0.05) is 15.8 Å². The summed E-state index contributed by atoms with van der Waals surface area (Å²) in [5.74, 6) is -0.687. The largest absolute Gasteiger partial charge is 0.482 e. The van der Waals surface area contributed by atoms with E-state index in [4.69, 9.17) is 9.84 Å². The Morgan fingerprint density at radius 3 is 2.84 bits per heavy atom. The molecule has 0 saturated heterocycles. The number of carbonyl (C=O) groups is 2. The number of anilines is 1. The molecule has 0 aliphatic rings. The van der Waals surface area contributed by atoms with Gasteiger partial charge in [0.05, 0.1) is 12.1 Å².